The average Bonchev–Trinajstić information content (AvgIpc) is 3.09. The zero-order valence-corrected chi connectivity index (χ0v) is 13.1. The molecular formula is C15H18N4OS. The second kappa shape index (κ2) is 5.89. The van der Waals surface area contributed by atoms with E-state index in [2.05, 4.69) is 15.0 Å². The molecule has 1 aliphatic rings. The summed E-state index contributed by atoms with van der Waals surface area (Å²) in [6.45, 7) is 5.32. The highest BCUT2D eigenvalue weighted by atomic mass is 32.1. The molecule has 5 nitrogen and oxygen atoms in total. The first kappa shape index (κ1) is 14.1. The molecule has 1 amide bonds. The summed E-state index contributed by atoms with van der Waals surface area (Å²) in [5.41, 5.74) is 4.80. The monoisotopic (exact) mass is 302 g/mol. The van der Waals surface area contributed by atoms with Crippen LogP contribution < -0.4 is 0 Å². The molecule has 0 aliphatic carbocycles. The van der Waals surface area contributed by atoms with E-state index in [1.54, 1.807) is 30.7 Å². The van der Waals surface area contributed by atoms with Crippen LogP contribution in [0.1, 0.15) is 24.7 Å². The highest BCUT2D eigenvalue weighted by molar-refractivity contribution is 7.13. The molecule has 6 heteroatoms. The van der Waals surface area contributed by atoms with Crippen molar-refractivity contribution in [3.8, 4) is 10.6 Å². The first-order valence-corrected chi connectivity index (χ1v) is 7.99. The molecule has 21 heavy (non-hydrogen) atoms. The van der Waals surface area contributed by atoms with Gasteiger partial charge in [0.05, 0.1) is 21.8 Å². The third-order valence-electron chi connectivity index (χ3n) is 3.95. The van der Waals surface area contributed by atoms with Gasteiger partial charge in [0.15, 0.2) is 0 Å². The summed E-state index contributed by atoms with van der Waals surface area (Å²) in [5.74, 6) is 0.632. The highest BCUT2D eigenvalue weighted by Gasteiger charge is 2.26. The predicted molar refractivity (Wildman–Crippen MR) is 81.9 cm³/mol. The lowest BCUT2D eigenvalue weighted by molar-refractivity contribution is -0.127. The van der Waals surface area contributed by atoms with E-state index in [1.165, 1.54) is 0 Å². The van der Waals surface area contributed by atoms with Crippen LogP contribution >= 0.6 is 11.3 Å². The normalized spacial score (nSPS) is 18.2. The van der Waals surface area contributed by atoms with Crippen LogP contribution in [0.4, 0.5) is 0 Å². The summed E-state index contributed by atoms with van der Waals surface area (Å²) in [6.07, 6.45) is 5.38. The van der Waals surface area contributed by atoms with Crippen molar-refractivity contribution in [1.82, 2.24) is 19.9 Å². The number of aryl methyl sites for hydroxylation is 1. The molecule has 0 N–H and O–H groups in total. The third kappa shape index (κ3) is 2.95. The second-order valence-corrected chi connectivity index (χ2v) is 6.30. The molecule has 0 radical (unpaired) electrons. The van der Waals surface area contributed by atoms with Gasteiger partial charge in [-0.3, -0.25) is 14.8 Å². The van der Waals surface area contributed by atoms with Gasteiger partial charge in [-0.05, 0) is 25.7 Å². The van der Waals surface area contributed by atoms with Gasteiger partial charge in [-0.1, -0.05) is 0 Å². The summed E-state index contributed by atoms with van der Waals surface area (Å²) in [6, 6.07) is 0. The number of amides is 1. The molecule has 1 atom stereocenters. The van der Waals surface area contributed by atoms with Gasteiger partial charge in [0.1, 0.15) is 5.69 Å². The third-order valence-corrected chi connectivity index (χ3v) is 4.88. The molecule has 0 bridgehead atoms. The lowest BCUT2D eigenvalue weighted by atomic mass is 10.0. The summed E-state index contributed by atoms with van der Waals surface area (Å²) in [5, 5.41) is 0. The Balaban J connectivity index is 1.81. The largest absolute Gasteiger partial charge is 0.343 e. The maximum absolute atomic E-state index is 11.4. The van der Waals surface area contributed by atoms with Crippen LogP contribution in [0.2, 0.25) is 0 Å². The van der Waals surface area contributed by atoms with Crippen molar-refractivity contribution >= 4 is 17.2 Å². The van der Waals surface area contributed by atoms with E-state index < -0.39 is 0 Å². The Bertz CT molecular complexity index is 655. The molecule has 1 aliphatic heterocycles. The molecule has 1 saturated heterocycles. The maximum atomic E-state index is 11.4. The van der Waals surface area contributed by atoms with Crippen LogP contribution in [0.25, 0.3) is 10.6 Å². The van der Waals surface area contributed by atoms with Crippen LogP contribution in [0.5, 0.6) is 0 Å². The van der Waals surface area contributed by atoms with E-state index >= 15 is 0 Å². The summed E-state index contributed by atoms with van der Waals surface area (Å²) < 4.78 is 0. The van der Waals surface area contributed by atoms with Gasteiger partial charge >= 0.3 is 0 Å². The van der Waals surface area contributed by atoms with Crippen molar-refractivity contribution in [3.63, 3.8) is 0 Å². The van der Waals surface area contributed by atoms with E-state index in [9.17, 15) is 4.79 Å². The minimum atomic E-state index is 0.162. The molecular weight excluding hydrogens is 284 g/mol. The predicted octanol–water partition coefficient (Wildman–Crippen LogP) is 2.32. The first-order valence-electron chi connectivity index (χ1n) is 7.11. The van der Waals surface area contributed by atoms with Gasteiger partial charge in [0.2, 0.25) is 5.91 Å². The number of hydrogen-bond donors (Lipinski definition) is 0. The molecule has 2 aromatic heterocycles. The fourth-order valence-electron chi connectivity index (χ4n) is 2.79. The average molecular weight is 302 g/mol. The van der Waals surface area contributed by atoms with Gasteiger partial charge in [0, 0.05) is 32.4 Å². The number of thiazole rings is 1. The van der Waals surface area contributed by atoms with E-state index in [4.69, 9.17) is 0 Å². The van der Waals surface area contributed by atoms with Crippen LogP contribution in [0.3, 0.4) is 0 Å². The second-order valence-electron chi connectivity index (χ2n) is 5.44. The van der Waals surface area contributed by atoms with E-state index in [0.29, 0.717) is 5.92 Å². The van der Waals surface area contributed by atoms with Crippen molar-refractivity contribution in [2.45, 2.75) is 26.7 Å². The zero-order valence-electron chi connectivity index (χ0n) is 12.2. The smallest absolute Gasteiger partial charge is 0.219 e. The minimum Gasteiger partial charge on any atom is -0.343 e. The SMILES string of the molecule is CC(=O)N1CC[C@@H](Cc2nccnc2-c2scnc2C)C1. The van der Waals surface area contributed by atoms with Gasteiger partial charge in [-0.25, -0.2) is 4.98 Å². The lowest BCUT2D eigenvalue weighted by Crippen LogP contribution is -2.26. The Labute approximate surface area is 128 Å². The number of aromatic nitrogens is 3. The van der Waals surface area contributed by atoms with Gasteiger partial charge < -0.3 is 4.90 Å². The van der Waals surface area contributed by atoms with Crippen LogP contribution in [-0.2, 0) is 11.2 Å². The Hall–Kier alpha value is -1.82. The number of carbonyl (C=O) groups is 1. The first-order chi connectivity index (χ1) is 10.1. The van der Waals surface area contributed by atoms with Crippen molar-refractivity contribution in [1.29, 1.82) is 0 Å². The molecule has 0 saturated carbocycles. The van der Waals surface area contributed by atoms with Crippen molar-refractivity contribution in [2.75, 3.05) is 13.1 Å². The number of carbonyl (C=O) groups excluding carboxylic acids is 1. The minimum absolute atomic E-state index is 0.162. The molecule has 2 aromatic rings. The van der Waals surface area contributed by atoms with Gasteiger partial charge in [-0.15, -0.1) is 11.3 Å². The molecule has 0 spiro atoms. The van der Waals surface area contributed by atoms with E-state index in [1.807, 2.05) is 17.3 Å². The summed E-state index contributed by atoms with van der Waals surface area (Å²) in [7, 11) is 0. The zero-order chi connectivity index (χ0) is 14.8. The quantitative estimate of drug-likeness (QED) is 0.873. The number of hydrogen-bond acceptors (Lipinski definition) is 5. The molecule has 3 rings (SSSR count). The fourth-order valence-corrected chi connectivity index (χ4v) is 3.62. The maximum Gasteiger partial charge on any atom is 0.219 e. The van der Waals surface area contributed by atoms with Crippen LogP contribution in [-0.4, -0.2) is 38.8 Å². The Morgan fingerprint density at radius 3 is 2.86 bits per heavy atom. The van der Waals surface area contributed by atoms with Crippen molar-refractivity contribution < 1.29 is 4.79 Å². The summed E-state index contributed by atoms with van der Waals surface area (Å²) in [4.78, 5) is 27.8. The molecule has 3 heterocycles. The molecule has 0 aromatic carbocycles. The van der Waals surface area contributed by atoms with Crippen LogP contribution in [0, 0.1) is 12.8 Å². The van der Waals surface area contributed by atoms with Gasteiger partial charge in [-0.2, -0.15) is 0 Å². The highest BCUT2D eigenvalue weighted by Crippen LogP contribution is 2.30. The lowest BCUT2D eigenvalue weighted by Gasteiger charge is -2.14. The van der Waals surface area contributed by atoms with Crippen LogP contribution in [0.15, 0.2) is 17.9 Å². The Kier molecular flexibility index (Phi) is 3.96. The number of likely N-dealkylation sites (tertiary alicyclic amines) is 1. The van der Waals surface area contributed by atoms with Crippen molar-refractivity contribution in [3.05, 3.63) is 29.3 Å². The number of nitrogens with zero attached hydrogens (tertiary/aromatic N) is 4. The fraction of sp³-hybridized carbons (Fsp3) is 0.467. The van der Waals surface area contributed by atoms with E-state index in [-0.39, 0.29) is 5.91 Å². The topological polar surface area (TPSA) is 59.0 Å². The molecule has 1 fully saturated rings. The summed E-state index contributed by atoms with van der Waals surface area (Å²) >= 11 is 1.60. The molecule has 0 unspecified atom stereocenters. The molecule has 110 valence electrons. The van der Waals surface area contributed by atoms with Gasteiger partial charge in [0.25, 0.3) is 0 Å². The number of rotatable bonds is 3. The Morgan fingerprint density at radius 2 is 2.19 bits per heavy atom. The Morgan fingerprint density at radius 1 is 1.38 bits per heavy atom. The van der Waals surface area contributed by atoms with E-state index in [0.717, 1.165) is 47.9 Å². The van der Waals surface area contributed by atoms with Crippen molar-refractivity contribution in [2.24, 2.45) is 5.92 Å². The standard InChI is InChI=1S/C15H18N4OS/c1-10-15(21-9-18-10)14-13(16-4-5-17-14)7-12-3-6-19(8-12)11(2)20/h4-5,9,12H,3,6-8H2,1-2H3/t12-/m0/s1.